The summed E-state index contributed by atoms with van der Waals surface area (Å²) in [6.07, 6.45) is 3.59. The number of nitrogens with zero attached hydrogens (tertiary/aromatic N) is 2. The molecule has 0 bridgehead atoms. The molecule has 2 aliphatic rings. The third kappa shape index (κ3) is 5.25. The van der Waals surface area contributed by atoms with E-state index in [4.69, 9.17) is 10.5 Å². The van der Waals surface area contributed by atoms with Crippen molar-refractivity contribution in [3.05, 3.63) is 29.8 Å². The average molecular weight is 472 g/mol. The Bertz CT molecular complexity index is 638. The summed E-state index contributed by atoms with van der Waals surface area (Å²) in [6, 6.07) is 8.26. The number of primary amides is 1. The van der Waals surface area contributed by atoms with Gasteiger partial charge in [-0.2, -0.15) is 0 Å². The van der Waals surface area contributed by atoms with Crippen LogP contribution in [0.15, 0.2) is 29.3 Å². The van der Waals surface area contributed by atoms with E-state index in [9.17, 15) is 4.79 Å². The minimum atomic E-state index is -0.214. The second kappa shape index (κ2) is 9.99. The second-order valence-corrected chi connectivity index (χ2v) is 6.92. The van der Waals surface area contributed by atoms with Crippen LogP contribution in [0.4, 0.5) is 0 Å². The third-order valence-electron chi connectivity index (χ3n) is 5.11. The summed E-state index contributed by atoms with van der Waals surface area (Å²) in [5.41, 5.74) is 6.63. The number of benzene rings is 1. The van der Waals surface area contributed by atoms with Crippen molar-refractivity contribution < 1.29 is 9.53 Å². The molecule has 0 saturated carbocycles. The maximum atomic E-state index is 11.2. The number of likely N-dealkylation sites (tertiary alicyclic amines) is 1. The zero-order valence-corrected chi connectivity index (χ0v) is 17.6. The van der Waals surface area contributed by atoms with Gasteiger partial charge in [0.2, 0.25) is 5.91 Å². The van der Waals surface area contributed by atoms with E-state index in [0.29, 0.717) is 18.3 Å². The Kier molecular flexibility index (Phi) is 7.99. The number of halogens is 1. The molecule has 26 heavy (non-hydrogen) atoms. The maximum Gasteiger partial charge on any atom is 0.217 e. The number of rotatable bonds is 4. The number of amides is 1. The molecule has 1 amide bonds. The number of nitrogens with two attached hydrogens (primary N) is 1. The van der Waals surface area contributed by atoms with Crippen molar-refractivity contribution in [1.29, 1.82) is 0 Å². The Morgan fingerprint density at radius 1 is 1.38 bits per heavy atom. The summed E-state index contributed by atoms with van der Waals surface area (Å²) in [4.78, 5) is 17.9. The lowest BCUT2D eigenvalue weighted by Gasteiger charge is -2.35. The molecule has 0 spiro atoms. The van der Waals surface area contributed by atoms with E-state index in [-0.39, 0.29) is 29.9 Å². The van der Waals surface area contributed by atoms with Crippen molar-refractivity contribution in [2.24, 2.45) is 16.6 Å². The largest absolute Gasteiger partial charge is 0.493 e. The predicted molar refractivity (Wildman–Crippen MR) is 114 cm³/mol. The van der Waals surface area contributed by atoms with Crippen LogP contribution in [0.3, 0.4) is 0 Å². The first-order chi connectivity index (χ1) is 12.2. The molecule has 2 unspecified atom stereocenters. The van der Waals surface area contributed by atoms with E-state index < -0.39 is 0 Å². The van der Waals surface area contributed by atoms with Gasteiger partial charge in [-0.25, -0.2) is 0 Å². The SMILES string of the molecule is CN=C(NCC1CCOc2ccccc21)N1CCCC(CC(N)=O)C1.I. The summed E-state index contributed by atoms with van der Waals surface area (Å²) in [5, 5.41) is 3.53. The highest BCUT2D eigenvalue weighted by atomic mass is 127. The fourth-order valence-corrected chi connectivity index (χ4v) is 3.88. The molecule has 3 rings (SSSR count). The highest BCUT2D eigenvalue weighted by Crippen LogP contribution is 2.32. The van der Waals surface area contributed by atoms with Crippen molar-refractivity contribution in [1.82, 2.24) is 10.2 Å². The molecule has 0 radical (unpaired) electrons. The highest BCUT2D eigenvalue weighted by Gasteiger charge is 2.25. The van der Waals surface area contributed by atoms with Gasteiger partial charge < -0.3 is 20.7 Å². The molecular weight excluding hydrogens is 443 g/mol. The second-order valence-electron chi connectivity index (χ2n) is 6.92. The van der Waals surface area contributed by atoms with Crippen molar-refractivity contribution >= 4 is 35.8 Å². The average Bonchev–Trinajstić information content (AvgIpc) is 2.62. The molecule has 1 fully saturated rings. The van der Waals surface area contributed by atoms with Crippen LogP contribution >= 0.6 is 24.0 Å². The van der Waals surface area contributed by atoms with Crippen molar-refractivity contribution in [2.75, 3.05) is 33.3 Å². The lowest BCUT2D eigenvalue weighted by Crippen LogP contribution is -2.48. The molecule has 1 aromatic carbocycles. The molecule has 3 N–H and O–H groups in total. The van der Waals surface area contributed by atoms with Crippen LogP contribution in [0.5, 0.6) is 5.75 Å². The number of fused-ring (bicyclic) bond motifs is 1. The van der Waals surface area contributed by atoms with Crippen molar-refractivity contribution in [3.8, 4) is 5.75 Å². The Labute approximate surface area is 172 Å². The van der Waals surface area contributed by atoms with Gasteiger partial charge in [0, 0.05) is 39.0 Å². The van der Waals surface area contributed by atoms with Gasteiger partial charge in [-0.1, -0.05) is 18.2 Å². The maximum absolute atomic E-state index is 11.2. The highest BCUT2D eigenvalue weighted by molar-refractivity contribution is 14.0. The van der Waals surface area contributed by atoms with E-state index in [1.54, 1.807) is 0 Å². The molecule has 1 saturated heterocycles. The van der Waals surface area contributed by atoms with Gasteiger partial charge in [-0.05, 0) is 36.8 Å². The first-order valence-electron chi connectivity index (χ1n) is 9.13. The van der Waals surface area contributed by atoms with Gasteiger partial charge >= 0.3 is 0 Å². The predicted octanol–water partition coefficient (Wildman–Crippen LogP) is 2.33. The van der Waals surface area contributed by atoms with Crippen LogP contribution in [0.2, 0.25) is 0 Å². The number of hydrogen-bond acceptors (Lipinski definition) is 3. The first kappa shape index (κ1) is 20.8. The number of aliphatic imine (C=N–C) groups is 1. The van der Waals surface area contributed by atoms with Gasteiger partial charge in [-0.3, -0.25) is 9.79 Å². The fraction of sp³-hybridized carbons (Fsp3) is 0.579. The number of piperidine rings is 1. The van der Waals surface area contributed by atoms with Crippen LogP contribution in [0, 0.1) is 5.92 Å². The quantitative estimate of drug-likeness (QED) is 0.401. The van der Waals surface area contributed by atoms with Crippen LogP contribution < -0.4 is 15.8 Å². The van der Waals surface area contributed by atoms with Crippen molar-refractivity contribution in [3.63, 3.8) is 0 Å². The molecule has 7 heteroatoms. The van der Waals surface area contributed by atoms with E-state index in [2.05, 4.69) is 27.3 Å². The number of guanidine groups is 1. The van der Waals surface area contributed by atoms with E-state index >= 15 is 0 Å². The molecule has 2 aliphatic heterocycles. The van der Waals surface area contributed by atoms with Gasteiger partial charge in [-0.15, -0.1) is 24.0 Å². The summed E-state index contributed by atoms with van der Waals surface area (Å²) >= 11 is 0. The van der Waals surface area contributed by atoms with E-state index in [0.717, 1.165) is 57.2 Å². The van der Waals surface area contributed by atoms with Crippen LogP contribution in [-0.2, 0) is 4.79 Å². The van der Waals surface area contributed by atoms with Gasteiger partial charge in [0.15, 0.2) is 5.96 Å². The summed E-state index contributed by atoms with van der Waals surface area (Å²) in [6.45, 7) is 3.41. The molecule has 144 valence electrons. The fourth-order valence-electron chi connectivity index (χ4n) is 3.88. The number of nitrogens with one attached hydrogen (secondary N) is 1. The standard InChI is InChI=1S/C19H28N4O2.HI/c1-21-19(23-9-4-5-14(13-23)11-18(20)24)22-12-15-8-10-25-17-7-3-2-6-16(15)17;/h2-3,6-7,14-15H,4-5,8-13H2,1H3,(H2,20,24)(H,21,22);1H. The number of carbonyl (C=O) groups is 1. The lowest BCUT2D eigenvalue weighted by atomic mass is 9.93. The molecular formula is C19H29IN4O2. The van der Waals surface area contributed by atoms with Crippen molar-refractivity contribution in [2.45, 2.75) is 31.6 Å². The minimum absolute atomic E-state index is 0. The zero-order chi connectivity index (χ0) is 17.6. The van der Waals surface area contributed by atoms with Crippen LogP contribution in [-0.4, -0.2) is 50.1 Å². The normalized spacial score (nSPS) is 22.7. The van der Waals surface area contributed by atoms with Crippen LogP contribution in [0.1, 0.15) is 37.2 Å². The van der Waals surface area contributed by atoms with Gasteiger partial charge in [0.1, 0.15) is 5.75 Å². The zero-order valence-electron chi connectivity index (χ0n) is 15.3. The topological polar surface area (TPSA) is 80.0 Å². The third-order valence-corrected chi connectivity index (χ3v) is 5.11. The molecule has 2 heterocycles. The van der Waals surface area contributed by atoms with E-state index in [1.807, 2.05) is 19.2 Å². The van der Waals surface area contributed by atoms with E-state index in [1.165, 1.54) is 5.56 Å². The smallest absolute Gasteiger partial charge is 0.217 e. The minimum Gasteiger partial charge on any atom is -0.493 e. The Balaban J connectivity index is 0.00000243. The monoisotopic (exact) mass is 472 g/mol. The summed E-state index contributed by atoms with van der Waals surface area (Å²) in [5.74, 6) is 2.45. The van der Waals surface area contributed by atoms with Gasteiger partial charge in [0.25, 0.3) is 0 Å². The molecule has 0 aromatic heterocycles. The number of carbonyl (C=O) groups excluding carboxylic acids is 1. The Hall–Kier alpha value is -1.51. The summed E-state index contributed by atoms with van der Waals surface area (Å²) < 4.78 is 5.74. The summed E-state index contributed by atoms with van der Waals surface area (Å²) in [7, 11) is 1.82. The van der Waals surface area contributed by atoms with Gasteiger partial charge in [0.05, 0.1) is 6.61 Å². The Morgan fingerprint density at radius 3 is 2.96 bits per heavy atom. The molecule has 1 aromatic rings. The molecule has 6 nitrogen and oxygen atoms in total. The lowest BCUT2D eigenvalue weighted by molar-refractivity contribution is -0.119. The Morgan fingerprint density at radius 2 is 2.19 bits per heavy atom. The molecule has 2 atom stereocenters. The number of para-hydroxylation sites is 1. The number of ether oxygens (including phenoxy) is 1. The number of hydrogen-bond donors (Lipinski definition) is 2. The first-order valence-corrected chi connectivity index (χ1v) is 9.13. The molecule has 0 aliphatic carbocycles. The van der Waals surface area contributed by atoms with Crippen LogP contribution in [0.25, 0.3) is 0 Å².